The van der Waals surface area contributed by atoms with Gasteiger partial charge < -0.3 is 14.2 Å². The van der Waals surface area contributed by atoms with Crippen LogP contribution in [-0.2, 0) is 18.1 Å². The van der Waals surface area contributed by atoms with Crippen LogP contribution in [0.25, 0.3) is 22.5 Å². The van der Waals surface area contributed by atoms with Gasteiger partial charge in [-0.1, -0.05) is 67.7 Å². The van der Waals surface area contributed by atoms with E-state index in [1.807, 2.05) is 79.9 Å². The molecule has 182 valence electrons. The molecule has 0 aliphatic rings. The smallest absolute Gasteiger partial charge is 0.317 e. The molecule has 0 saturated carbocycles. The molecule has 35 heavy (non-hydrogen) atoms. The van der Waals surface area contributed by atoms with Gasteiger partial charge in [0.1, 0.15) is 13.3 Å². The van der Waals surface area contributed by atoms with Gasteiger partial charge in [-0.2, -0.15) is 9.67 Å². The largest absolute Gasteiger partial charge is 0.473 e. The lowest BCUT2D eigenvalue weighted by Crippen LogP contribution is -2.11. The molecule has 0 unspecified atom stereocenters. The maximum atomic E-state index is 5.79. The summed E-state index contributed by atoms with van der Waals surface area (Å²) in [5.41, 5.74) is 4.10. The number of rotatable bonds is 12. The molecule has 0 bridgehead atoms. The monoisotopic (exact) mass is 488 g/mol. The Morgan fingerprint density at radius 3 is 2.29 bits per heavy atom. The molecule has 2 aromatic carbocycles. The first-order valence-electron chi connectivity index (χ1n) is 12.0. The van der Waals surface area contributed by atoms with Crippen molar-refractivity contribution < 1.29 is 14.2 Å². The Morgan fingerprint density at radius 2 is 1.60 bits per heavy atom. The summed E-state index contributed by atoms with van der Waals surface area (Å²) in [7, 11) is -0.629. The summed E-state index contributed by atoms with van der Waals surface area (Å²) >= 11 is 0. The lowest BCUT2D eigenvalue weighted by molar-refractivity contribution is 0.0703. The van der Waals surface area contributed by atoms with Gasteiger partial charge in [0.2, 0.25) is 5.88 Å². The summed E-state index contributed by atoms with van der Waals surface area (Å²) in [6.45, 7) is 8.66. The second-order valence-corrected chi connectivity index (χ2v) is 12.0. The van der Waals surface area contributed by atoms with Crippen molar-refractivity contribution in [1.29, 1.82) is 0 Å². The van der Waals surface area contributed by atoms with E-state index in [0.717, 1.165) is 34.9 Å². The van der Waals surface area contributed by atoms with Crippen molar-refractivity contribution in [3.63, 3.8) is 0 Å². The van der Waals surface area contributed by atoms with Gasteiger partial charge in [-0.15, -0.1) is 5.10 Å². The fraction of sp³-hybridized carbons (Fsp3) is 0.296. The maximum Gasteiger partial charge on any atom is 0.317 e. The number of hydrogen-bond acceptors (Lipinski definition) is 6. The molecule has 0 atom stereocenters. The van der Waals surface area contributed by atoms with Crippen LogP contribution < -0.4 is 9.47 Å². The van der Waals surface area contributed by atoms with Crippen LogP contribution in [0.1, 0.15) is 12.5 Å². The normalized spacial score (nSPS) is 11.1. The number of aromatic nitrogens is 4. The maximum absolute atomic E-state index is 5.79. The molecule has 0 aliphatic heterocycles. The van der Waals surface area contributed by atoms with Gasteiger partial charge in [0.25, 0.3) is 0 Å². The number of hydrogen-bond donors (Lipinski definition) is 0. The van der Waals surface area contributed by atoms with E-state index in [4.69, 9.17) is 14.2 Å². The molecule has 8 heteroatoms. The first kappa shape index (κ1) is 24.6. The van der Waals surface area contributed by atoms with Crippen molar-refractivity contribution in [2.45, 2.75) is 39.4 Å². The van der Waals surface area contributed by atoms with Crippen molar-refractivity contribution in [2.75, 3.05) is 13.2 Å². The first-order valence-corrected chi connectivity index (χ1v) is 15.1. The molecule has 7 nitrogen and oxygen atoms in total. The van der Waals surface area contributed by atoms with E-state index in [1.165, 1.54) is 0 Å². The minimum Gasteiger partial charge on any atom is -0.473 e. The fourth-order valence-electron chi connectivity index (χ4n) is 3.42. The predicted octanol–water partition coefficient (Wildman–Crippen LogP) is 5.45. The van der Waals surface area contributed by atoms with Gasteiger partial charge in [0.15, 0.2) is 5.82 Å². The van der Waals surface area contributed by atoms with Crippen LogP contribution in [0.2, 0.25) is 19.1 Å². The molecule has 0 fully saturated rings. The molecule has 0 spiro atoms. The minimum absolute atomic E-state index is 0.339. The van der Waals surface area contributed by atoms with E-state index in [-0.39, 0.29) is 0 Å². The molecule has 0 saturated heterocycles. The topological polar surface area (TPSA) is 71.3 Å². The van der Waals surface area contributed by atoms with E-state index in [2.05, 4.69) is 28.2 Å². The molecule has 0 radical (unpaired) electrons. The van der Waals surface area contributed by atoms with Gasteiger partial charge in [-0.25, -0.2) is 4.98 Å². The standard InChI is InChI=1S/C27H32N4O3Si/c1-4-33-27-29-26(30-31(27)20-32-16-17-35(2)3)23-12-10-22(11-13-23)24-14-15-25(28-18-24)34-19-21-8-6-5-7-9-21/h5-15,18,35H,4,16-17,19-20H2,1-3H3. The molecular formula is C27H32N4O3Si. The Hall–Kier alpha value is -3.49. The van der Waals surface area contributed by atoms with Gasteiger partial charge >= 0.3 is 6.01 Å². The summed E-state index contributed by atoms with van der Waals surface area (Å²) in [6, 6.07) is 23.7. The first-order chi connectivity index (χ1) is 17.1. The molecule has 2 heterocycles. The van der Waals surface area contributed by atoms with Crippen molar-refractivity contribution in [3.8, 4) is 34.4 Å². The van der Waals surface area contributed by atoms with E-state index in [9.17, 15) is 0 Å². The van der Waals surface area contributed by atoms with Crippen LogP contribution in [0.5, 0.6) is 11.9 Å². The molecular weight excluding hydrogens is 456 g/mol. The summed E-state index contributed by atoms with van der Waals surface area (Å²) in [5.74, 6) is 1.22. The summed E-state index contributed by atoms with van der Waals surface area (Å²) < 4.78 is 18.9. The lowest BCUT2D eigenvalue weighted by Gasteiger charge is -2.07. The Morgan fingerprint density at radius 1 is 0.857 bits per heavy atom. The van der Waals surface area contributed by atoms with Crippen LogP contribution in [-0.4, -0.2) is 41.8 Å². The molecule has 4 rings (SSSR count). The number of benzene rings is 2. The lowest BCUT2D eigenvalue weighted by atomic mass is 10.1. The highest BCUT2D eigenvalue weighted by molar-refractivity contribution is 6.55. The average Bonchev–Trinajstić information content (AvgIpc) is 3.29. The minimum atomic E-state index is -0.629. The zero-order valence-corrected chi connectivity index (χ0v) is 21.7. The number of pyridine rings is 1. The Bertz CT molecular complexity index is 1180. The van der Waals surface area contributed by atoms with Gasteiger partial charge in [-0.3, -0.25) is 0 Å². The predicted molar refractivity (Wildman–Crippen MR) is 140 cm³/mol. The van der Waals surface area contributed by atoms with Crippen LogP contribution in [0, 0.1) is 0 Å². The van der Waals surface area contributed by atoms with Crippen LogP contribution in [0.4, 0.5) is 0 Å². The van der Waals surface area contributed by atoms with Gasteiger partial charge in [-0.05, 0) is 30.2 Å². The van der Waals surface area contributed by atoms with Crippen LogP contribution >= 0.6 is 0 Å². The van der Waals surface area contributed by atoms with Crippen LogP contribution in [0.15, 0.2) is 72.9 Å². The van der Waals surface area contributed by atoms with Crippen molar-refractivity contribution >= 4 is 8.80 Å². The summed E-state index contributed by atoms with van der Waals surface area (Å²) in [6.07, 6.45) is 1.83. The Labute approximate surface area is 208 Å². The molecule has 4 aromatic rings. The number of nitrogens with zero attached hydrogens (tertiary/aromatic N) is 4. The van der Waals surface area contributed by atoms with Gasteiger partial charge in [0, 0.05) is 38.8 Å². The highest BCUT2D eigenvalue weighted by atomic mass is 28.3. The Balaban J connectivity index is 1.40. The zero-order valence-electron chi connectivity index (χ0n) is 20.6. The third-order valence-corrected chi connectivity index (χ3v) is 6.80. The van der Waals surface area contributed by atoms with Crippen molar-refractivity contribution in [1.82, 2.24) is 19.7 Å². The second-order valence-electron chi connectivity index (χ2n) is 8.61. The quantitative estimate of drug-likeness (QED) is 0.195. The molecule has 0 aliphatic carbocycles. The van der Waals surface area contributed by atoms with E-state index >= 15 is 0 Å². The molecule has 0 N–H and O–H groups in total. The van der Waals surface area contributed by atoms with Gasteiger partial charge in [0.05, 0.1) is 6.61 Å². The number of ether oxygens (including phenoxy) is 3. The van der Waals surface area contributed by atoms with E-state index < -0.39 is 8.80 Å². The highest BCUT2D eigenvalue weighted by Gasteiger charge is 2.13. The molecule has 2 aromatic heterocycles. The third kappa shape index (κ3) is 7.00. The van der Waals surface area contributed by atoms with E-state index in [1.54, 1.807) is 4.68 Å². The van der Waals surface area contributed by atoms with Crippen LogP contribution in [0.3, 0.4) is 0 Å². The Kier molecular flexibility index (Phi) is 8.64. The highest BCUT2D eigenvalue weighted by Crippen LogP contribution is 2.25. The summed E-state index contributed by atoms with van der Waals surface area (Å²) in [5, 5.41) is 4.61. The summed E-state index contributed by atoms with van der Waals surface area (Å²) in [4.78, 5) is 9.03. The zero-order chi connectivity index (χ0) is 24.5. The third-order valence-electron chi connectivity index (χ3n) is 5.41. The van der Waals surface area contributed by atoms with E-state index in [0.29, 0.717) is 37.7 Å². The van der Waals surface area contributed by atoms with Crippen molar-refractivity contribution in [3.05, 3.63) is 78.5 Å². The molecule has 0 amide bonds. The van der Waals surface area contributed by atoms with Crippen molar-refractivity contribution in [2.24, 2.45) is 0 Å². The average molecular weight is 489 g/mol. The fourth-order valence-corrected chi connectivity index (χ4v) is 4.06. The second kappa shape index (κ2) is 12.3. The SMILES string of the molecule is CCOc1nc(-c2ccc(-c3ccc(OCc4ccccc4)nc3)cc2)nn1COCC[SiH](C)C.